The summed E-state index contributed by atoms with van der Waals surface area (Å²) in [6, 6.07) is 0.268. The van der Waals surface area contributed by atoms with E-state index in [9.17, 15) is 0 Å². The Morgan fingerprint density at radius 1 is 1.29 bits per heavy atom. The Hall–Kier alpha value is -0.940. The highest BCUT2D eigenvalue weighted by molar-refractivity contribution is 4.95. The normalized spacial score (nSPS) is 29.6. The van der Waals surface area contributed by atoms with Crippen molar-refractivity contribution in [3.05, 3.63) is 11.7 Å². The maximum absolute atomic E-state index is 5.35. The molecule has 0 aliphatic carbocycles. The van der Waals surface area contributed by atoms with Crippen molar-refractivity contribution in [2.24, 2.45) is 5.92 Å². The maximum Gasteiger partial charge on any atom is 0.243 e. The third kappa shape index (κ3) is 2.66. The van der Waals surface area contributed by atoms with Crippen LogP contribution in [0.3, 0.4) is 0 Å². The minimum atomic E-state index is 0.268. The molecule has 0 bridgehead atoms. The topological polar surface area (TPSA) is 60.2 Å². The lowest BCUT2D eigenvalue weighted by molar-refractivity contribution is 0.185. The number of hydrogen-bond acceptors (Lipinski definition) is 5. The largest absolute Gasteiger partial charge is 0.381 e. The van der Waals surface area contributed by atoms with Crippen LogP contribution in [-0.4, -0.2) is 29.9 Å². The zero-order chi connectivity index (χ0) is 11.5. The van der Waals surface area contributed by atoms with E-state index in [1.54, 1.807) is 0 Å². The van der Waals surface area contributed by atoms with Gasteiger partial charge in [0.2, 0.25) is 5.89 Å². The Balaban J connectivity index is 1.60. The molecule has 1 unspecified atom stereocenters. The molecular weight excluding hydrogens is 218 g/mol. The SMILES string of the molecule is C1CC[C@@H](c2nc(CC3CCOC3)no2)NC1. The first-order chi connectivity index (χ1) is 8.42. The van der Waals surface area contributed by atoms with Gasteiger partial charge in [-0.2, -0.15) is 4.98 Å². The molecule has 1 N–H and O–H groups in total. The molecule has 0 radical (unpaired) electrons. The van der Waals surface area contributed by atoms with Gasteiger partial charge < -0.3 is 14.6 Å². The van der Waals surface area contributed by atoms with Gasteiger partial charge in [0.15, 0.2) is 5.82 Å². The number of aromatic nitrogens is 2. The summed E-state index contributed by atoms with van der Waals surface area (Å²) in [4.78, 5) is 4.50. The van der Waals surface area contributed by atoms with Crippen LogP contribution < -0.4 is 5.32 Å². The predicted molar refractivity (Wildman–Crippen MR) is 61.5 cm³/mol. The van der Waals surface area contributed by atoms with Crippen molar-refractivity contribution in [1.29, 1.82) is 0 Å². The van der Waals surface area contributed by atoms with E-state index in [1.165, 1.54) is 12.8 Å². The fourth-order valence-corrected chi connectivity index (χ4v) is 2.56. The molecule has 17 heavy (non-hydrogen) atoms. The highest BCUT2D eigenvalue weighted by Crippen LogP contribution is 2.22. The van der Waals surface area contributed by atoms with Crippen LogP contribution in [0.2, 0.25) is 0 Å². The van der Waals surface area contributed by atoms with Gasteiger partial charge in [-0.15, -0.1) is 0 Å². The van der Waals surface area contributed by atoms with Crippen LogP contribution in [0.1, 0.15) is 43.4 Å². The summed E-state index contributed by atoms with van der Waals surface area (Å²) in [5.74, 6) is 2.17. The third-order valence-corrected chi connectivity index (χ3v) is 3.59. The molecule has 0 aromatic carbocycles. The van der Waals surface area contributed by atoms with Gasteiger partial charge in [0.25, 0.3) is 0 Å². The minimum Gasteiger partial charge on any atom is -0.381 e. The summed E-state index contributed by atoms with van der Waals surface area (Å²) < 4.78 is 10.7. The summed E-state index contributed by atoms with van der Waals surface area (Å²) in [6.07, 6.45) is 5.60. The van der Waals surface area contributed by atoms with E-state index in [2.05, 4.69) is 15.5 Å². The molecule has 0 amide bonds. The van der Waals surface area contributed by atoms with Crippen molar-refractivity contribution in [3.63, 3.8) is 0 Å². The van der Waals surface area contributed by atoms with Crippen LogP contribution in [0.4, 0.5) is 0 Å². The lowest BCUT2D eigenvalue weighted by atomic mass is 10.0. The highest BCUT2D eigenvalue weighted by Gasteiger charge is 2.23. The Morgan fingerprint density at radius 3 is 3.06 bits per heavy atom. The second-order valence-electron chi connectivity index (χ2n) is 4.99. The smallest absolute Gasteiger partial charge is 0.243 e. The summed E-state index contributed by atoms with van der Waals surface area (Å²) >= 11 is 0. The second kappa shape index (κ2) is 5.14. The van der Waals surface area contributed by atoms with Crippen molar-refractivity contribution in [2.75, 3.05) is 19.8 Å². The molecular formula is C12H19N3O2. The summed E-state index contributed by atoms with van der Waals surface area (Å²) in [6.45, 7) is 2.77. The Kier molecular flexibility index (Phi) is 3.38. The molecule has 5 heteroatoms. The van der Waals surface area contributed by atoms with Crippen LogP contribution in [0, 0.1) is 5.92 Å². The summed E-state index contributed by atoms with van der Waals surface area (Å²) in [5, 5.41) is 7.49. The Morgan fingerprint density at radius 2 is 2.29 bits per heavy atom. The van der Waals surface area contributed by atoms with E-state index >= 15 is 0 Å². The zero-order valence-corrected chi connectivity index (χ0v) is 10.0. The number of rotatable bonds is 3. The van der Waals surface area contributed by atoms with E-state index in [4.69, 9.17) is 9.26 Å². The van der Waals surface area contributed by atoms with Gasteiger partial charge in [-0.1, -0.05) is 11.6 Å². The van der Waals surface area contributed by atoms with Crippen molar-refractivity contribution in [3.8, 4) is 0 Å². The zero-order valence-electron chi connectivity index (χ0n) is 10.0. The first-order valence-electron chi connectivity index (χ1n) is 6.55. The average Bonchev–Trinajstić information content (AvgIpc) is 3.02. The molecule has 1 aromatic rings. The quantitative estimate of drug-likeness (QED) is 0.862. The average molecular weight is 237 g/mol. The number of ether oxygens (including phenoxy) is 1. The molecule has 1 aromatic heterocycles. The van der Waals surface area contributed by atoms with Crippen LogP contribution in [0.5, 0.6) is 0 Å². The van der Waals surface area contributed by atoms with E-state index in [-0.39, 0.29) is 6.04 Å². The Bertz CT molecular complexity index is 354. The Labute approximate surface area is 101 Å². The number of piperidine rings is 1. The molecule has 2 saturated heterocycles. The van der Waals surface area contributed by atoms with Gasteiger partial charge in [0.05, 0.1) is 6.04 Å². The fraction of sp³-hybridized carbons (Fsp3) is 0.833. The molecule has 0 saturated carbocycles. The monoisotopic (exact) mass is 237 g/mol. The molecule has 2 fully saturated rings. The van der Waals surface area contributed by atoms with Crippen LogP contribution >= 0.6 is 0 Å². The van der Waals surface area contributed by atoms with E-state index < -0.39 is 0 Å². The van der Waals surface area contributed by atoms with E-state index in [0.29, 0.717) is 5.92 Å². The molecule has 3 heterocycles. The molecule has 3 rings (SSSR count). The van der Waals surface area contributed by atoms with Gasteiger partial charge in [-0.25, -0.2) is 0 Å². The first-order valence-corrected chi connectivity index (χ1v) is 6.55. The lowest BCUT2D eigenvalue weighted by Gasteiger charge is -2.19. The van der Waals surface area contributed by atoms with Gasteiger partial charge in [0.1, 0.15) is 0 Å². The van der Waals surface area contributed by atoms with Gasteiger partial charge in [-0.3, -0.25) is 0 Å². The predicted octanol–water partition coefficient (Wildman–Crippen LogP) is 1.46. The highest BCUT2D eigenvalue weighted by atomic mass is 16.5. The minimum absolute atomic E-state index is 0.268. The maximum atomic E-state index is 5.35. The molecule has 0 spiro atoms. The van der Waals surface area contributed by atoms with Crippen LogP contribution in [0.25, 0.3) is 0 Å². The molecule has 2 aliphatic rings. The molecule has 5 nitrogen and oxygen atoms in total. The molecule has 94 valence electrons. The second-order valence-corrected chi connectivity index (χ2v) is 4.99. The van der Waals surface area contributed by atoms with Gasteiger partial charge in [-0.05, 0) is 31.7 Å². The number of nitrogens with zero attached hydrogens (tertiary/aromatic N) is 2. The molecule has 2 aliphatic heterocycles. The van der Waals surface area contributed by atoms with Crippen LogP contribution in [-0.2, 0) is 11.2 Å². The van der Waals surface area contributed by atoms with Gasteiger partial charge in [0, 0.05) is 19.6 Å². The first kappa shape index (κ1) is 11.2. The van der Waals surface area contributed by atoms with E-state index in [1.807, 2.05) is 0 Å². The third-order valence-electron chi connectivity index (χ3n) is 3.59. The van der Waals surface area contributed by atoms with Crippen molar-refractivity contribution in [2.45, 2.75) is 38.1 Å². The fourth-order valence-electron chi connectivity index (χ4n) is 2.56. The van der Waals surface area contributed by atoms with Crippen molar-refractivity contribution in [1.82, 2.24) is 15.5 Å². The van der Waals surface area contributed by atoms with Crippen LogP contribution in [0.15, 0.2) is 4.52 Å². The summed E-state index contributed by atoms with van der Waals surface area (Å²) in [7, 11) is 0. The molecule has 2 atom stereocenters. The number of nitrogens with one attached hydrogen (secondary N) is 1. The lowest BCUT2D eigenvalue weighted by Crippen LogP contribution is -2.27. The van der Waals surface area contributed by atoms with E-state index in [0.717, 1.165) is 50.7 Å². The van der Waals surface area contributed by atoms with Gasteiger partial charge >= 0.3 is 0 Å². The number of hydrogen-bond donors (Lipinski definition) is 1. The van der Waals surface area contributed by atoms with Crippen molar-refractivity contribution >= 4 is 0 Å². The summed E-state index contributed by atoms with van der Waals surface area (Å²) in [5.41, 5.74) is 0. The standard InChI is InChI=1S/C12H19N3O2/c1-2-5-13-10(3-1)12-14-11(15-17-12)7-9-4-6-16-8-9/h9-10,13H,1-8H2/t9?,10-/m0/s1. The van der Waals surface area contributed by atoms with Crippen molar-refractivity contribution < 1.29 is 9.26 Å².